The maximum atomic E-state index is 9.69. The minimum Gasteiger partial charge on any atom is -0.394 e. The Morgan fingerprint density at radius 2 is 2.00 bits per heavy atom. The standard InChI is InChI=1S/C14H22N4O/c1-9-11(15)16-13(10-4-5-10)17-12(9)18-14(8-19)6-2-3-7-14/h10,19H,2-8H2,1H3,(H3,15,16,17,18). The lowest BCUT2D eigenvalue weighted by Crippen LogP contribution is -2.39. The maximum absolute atomic E-state index is 9.69. The summed E-state index contributed by atoms with van der Waals surface area (Å²) in [6, 6.07) is 0. The number of nitrogens with zero attached hydrogens (tertiary/aromatic N) is 2. The molecule has 5 heteroatoms. The van der Waals surface area contributed by atoms with E-state index in [0.717, 1.165) is 55.7 Å². The van der Waals surface area contributed by atoms with E-state index >= 15 is 0 Å². The maximum Gasteiger partial charge on any atom is 0.136 e. The summed E-state index contributed by atoms with van der Waals surface area (Å²) in [4.78, 5) is 9.02. The highest BCUT2D eigenvalue weighted by Crippen LogP contribution is 2.40. The molecule has 0 aliphatic heterocycles. The molecule has 2 aliphatic carbocycles. The summed E-state index contributed by atoms with van der Waals surface area (Å²) >= 11 is 0. The third-order valence-corrected chi connectivity index (χ3v) is 4.39. The molecule has 2 aliphatic rings. The van der Waals surface area contributed by atoms with Crippen molar-refractivity contribution in [3.8, 4) is 0 Å². The largest absolute Gasteiger partial charge is 0.394 e. The average Bonchev–Trinajstić information content (AvgIpc) is 3.15. The predicted octanol–water partition coefficient (Wildman–Crippen LogP) is 1.96. The highest BCUT2D eigenvalue weighted by Gasteiger charge is 2.35. The Balaban J connectivity index is 1.90. The molecular formula is C14H22N4O. The summed E-state index contributed by atoms with van der Waals surface area (Å²) in [6.45, 7) is 2.09. The second kappa shape index (κ2) is 4.63. The summed E-state index contributed by atoms with van der Waals surface area (Å²) in [5, 5.41) is 13.1. The second-order valence-corrected chi connectivity index (χ2v) is 5.99. The molecule has 0 bridgehead atoms. The number of aliphatic hydroxyl groups is 1. The van der Waals surface area contributed by atoms with Gasteiger partial charge >= 0.3 is 0 Å². The first-order valence-corrected chi connectivity index (χ1v) is 7.17. The van der Waals surface area contributed by atoms with Gasteiger partial charge < -0.3 is 16.2 Å². The van der Waals surface area contributed by atoms with Crippen molar-refractivity contribution >= 4 is 11.6 Å². The molecule has 0 unspecified atom stereocenters. The fourth-order valence-electron chi connectivity index (χ4n) is 2.82. The van der Waals surface area contributed by atoms with Crippen molar-refractivity contribution in [3.63, 3.8) is 0 Å². The van der Waals surface area contributed by atoms with E-state index in [0.29, 0.717) is 11.7 Å². The van der Waals surface area contributed by atoms with Crippen LogP contribution in [0.25, 0.3) is 0 Å². The minimum atomic E-state index is -0.216. The number of anilines is 2. The average molecular weight is 262 g/mol. The third kappa shape index (κ3) is 2.39. The summed E-state index contributed by atoms with van der Waals surface area (Å²) in [5.41, 5.74) is 6.67. The smallest absolute Gasteiger partial charge is 0.136 e. The SMILES string of the molecule is Cc1c(N)nc(C2CC2)nc1NC1(CO)CCCC1. The predicted molar refractivity (Wildman–Crippen MR) is 75.1 cm³/mol. The Morgan fingerprint density at radius 1 is 1.32 bits per heavy atom. The number of rotatable bonds is 4. The van der Waals surface area contributed by atoms with Crippen LogP contribution in [0.4, 0.5) is 11.6 Å². The van der Waals surface area contributed by atoms with Crippen LogP contribution in [0.1, 0.15) is 55.8 Å². The highest BCUT2D eigenvalue weighted by molar-refractivity contribution is 5.56. The van der Waals surface area contributed by atoms with Crippen molar-refractivity contribution in [3.05, 3.63) is 11.4 Å². The summed E-state index contributed by atoms with van der Waals surface area (Å²) < 4.78 is 0. The Morgan fingerprint density at radius 3 is 2.58 bits per heavy atom. The topological polar surface area (TPSA) is 84.1 Å². The first-order valence-electron chi connectivity index (χ1n) is 7.17. The highest BCUT2D eigenvalue weighted by atomic mass is 16.3. The monoisotopic (exact) mass is 262 g/mol. The van der Waals surface area contributed by atoms with E-state index in [1.54, 1.807) is 0 Å². The minimum absolute atomic E-state index is 0.148. The number of hydrogen-bond donors (Lipinski definition) is 3. The van der Waals surface area contributed by atoms with E-state index < -0.39 is 0 Å². The molecule has 0 saturated heterocycles. The van der Waals surface area contributed by atoms with Gasteiger partial charge in [-0.25, -0.2) is 9.97 Å². The van der Waals surface area contributed by atoms with E-state index in [2.05, 4.69) is 15.3 Å². The molecule has 1 aromatic heterocycles. The van der Waals surface area contributed by atoms with Gasteiger partial charge in [0.1, 0.15) is 17.5 Å². The number of nitrogens with two attached hydrogens (primary N) is 1. The Labute approximate surface area is 113 Å². The first kappa shape index (κ1) is 12.7. The molecule has 3 rings (SSSR count). The zero-order valence-electron chi connectivity index (χ0n) is 11.4. The van der Waals surface area contributed by atoms with Crippen LogP contribution in [-0.4, -0.2) is 27.2 Å². The molecule has 0 atom stereocenters. The summed E-state index contributed by atoms with van der Waals surface area (Å²) in [7, 11) is 0. The van der Waals surface area contributed by atoms with Gasteiger partial charge in [-0.15, -0.1) is 0 Å². The van der Waals surface area contributed by atoms with Crippen molar-refractivity contribution in [2.45, 2.75) is 56.9 Å². The third-order valence-electron chi connectivity index (χ3n) is 4.39. The van der Waals surface area contributed by atoms with Gasteiger partial charge in [0.15, 0.2) is 0 Å². The van der Waals surface area contributed by atoms with E-state index in [-0.39, 0.29) is 12.1 Å². The zero-order chi connectivity index (χ0) is 13.5. The van der Waals surface area contributed by atoms with Crippen molar-refractivity contribution < 1.29 is 5.11 Å². The molecule has 1 heterocycles. The van der Waals surface area contributed by atoms with E-state index in [4.69, 9.17) is 5.73 Å². The molecule has 0 spiro atoms. The lowest BCUT2D eigenvalue weighted by atomic mass is 9.98. The number of aliphatic hydroxyl groups excluding tert-OH is 1. The molecular weight excluding hydrogens is 240 g/mol. The van der Waals surface area contributed by atoms with Gasteiger partial charge in [-0.3, -0.25) is 0 Å². The Bertz CT molecular complexity index is 479. The van der Waals surface area contributed by atoms with Crippen molar-refractivity contribution in [1.82, 2.24) is 9.97 Å². The van der Waals surface area contributed by atoms with E-state index in [9.17, 15) is 5.11 Å². The number of hydrogen-bond acceptors (Lipinski definition) is 5. The Kier molecular flexibility index (Phi) is 3.09. The van der Waals surface area contributed by atoms with Gasteiger partial charge in [-0.1, -0.05) is 12.8 Å². The Hall–Kier alpha value is -1.36. The van der Waals surface area contributed by atoms with Gasteiger partial charge in [-0.05, 0) is 32.6 Å². The van der Waals surface area contributed by atoms with Crippen molar-refractivity contribution in [1.29, 1.82) is 0 Å². The van der Waals surface area contributed by atoms with Crippen LogP contribution in [0.3, 0.4) is 0 Å². The lowest BCUT2D eigenvalue weighted by molar-refractivity contribution is 0.213. The number of nitrogens with one attached hydrogen (secondary N) is 1. The number of aromatic nitrogens is 2. The van der Waals surface area contributed by atoms with Crippen LogP contribution in [0.2, 0.25) is 0 Å². The molecule has 4 N–H and O–H groups in total. The van der Waals surface area contributed by atoms with Gasteiger partial charge in [0.2, 0.25) is 0 Å². The lowest BCUT2D eigenvalue weighted by Gasteiger charge is -2.29. The second-order valence-electron chi connectivity index (χ2n) is 5.99. The molecule has 0 amide bonds. The fourth-order valence-corrected chi connectivity index (χ4v) is 2.82. The van der Waals surface area contributed by atoms with Crippen LogP contribution < -0.4 is 11.1 Å². The molecule has 2 fully saturated rings. The summed E-state index contributed by atoms with van der Waals surface area (Å²) in [5.74, 6) is 2.71. The molecule has 0 radical (unpaired) electrons. The molecule has 5 nitrogen and oxygen atoms in total. The molecule has 104 valence electrons. The summed E-state index contributed by atoms with van der Waals surface area (Å²) in [6.07, 6.45) is 6.61. The van der Waals surface area contributed by atoms with E-state index in [1.165, 1.54) is 0 Å². The van der Waals surface area contributed by atoms with Crippen LogP contribution in [0.15, 0.2) is 0 Å². The van der Waals surface area contributed by atoms with Crippen LogP contribution >= 0.6 is 0 Å². The fraction of sp³-hybridized carbons (Fsp3) is 0.714. The molecule has 19 heavy (non-hydrogen) atoms. The van der Waals surface area contributed by atoms with Gasteiger partial charge in [0.25, 0.3) is 0 Å². The molecule has 2 saturated carbocycles. The molecule has 0 aromatic carbocycles. The van der Waals surface area contributed by atoms with E-state index in [1.807, 2.05) is 6.92 Å². The first-order chi connectivity index (χ1) is 9.13. The van der Waals surface area contributed by atoms with Gasteiger partial charge in [-0.2, -0.15) is 0 Å². The zero-order valence-corrected chi connectivity index (χ0v) is 11.4. The number of nitrogen functional groups attached to an aromatic ring is 1. The van der Waals surface area contributed by atoms with Gasteiger partial charge in [0.05, 0.1) is 12.1 Å². The van der Waals surface area contributed by atoms with Gasteiger partial charge in [0, 0.05) is 11.5 Å². The van der Waals surface area contributed by atoms with Crippen LogP contribution in [0, 0.1) is 6.92 Å². The van der Waals surface area contributed by atoms with Crippen LogP contribution in [0.5, 0.6) is 0 Å². The normalized spacial score (nSPS) is 21.6. The quantitative estimate of drug-likeness (QED) is 0.772. The van der Waals surface area contributed by atoms with Crippen molar-refractivity contribution in [2.75, 3.05) is 17.7 Å². The van der Waals surface area contributed by atoms with Crippen molar-refractivity contribution in [2.24, 2.45) is 0 Å². The molecule has 1 aromatic rings. The van der Waals surface area contributed by atoms with Crippen LogP contribution in [-0.2, 0) is 0 Å².